The van der Waals surface area contributed by atoms with Gasteiger partial charge in [0.25, 0.3) is 0 Å². The van der Waals surface area contributed by atoms with Gasteiger partial charge in [0.2, 0.25) is 10.0 Å². The predicted molar refractivity (Wildman–Crippen MR) is 87.4 cm³/mol. The van der Waals surface area contributed by atoms with Crippen molar-refractivity contribution in [1.29, 1.82) is 0 Å². The molecular formula is C17H19NO4S. The molecule has 0 amide bonds. The van der Waals surface area contributed by atoms with Gasteiger partial charge in [-0.15, -0.1) is 0 Å². The van der Waals surface area contributed by atoms with Gasteiger partial charge >= 0.3 is 5.97 Å². The Morgan fingerprint density at radius 3 is 2.30 bits per heavy atom. The number of ether oxygens (including phenoxy) is 1. The highest BCUT2D eigenvalue weighted by atomic mass is 32.2. The van der Waals surface area contributed by atoms with E-state index in [4.69, 9.17) is 4.74 Å². The fraction of sp³-hybridized carbons (Fsp3) is 0.235. The second kappa shape index (κ2) is 6.93. The van der Waals surface area contributed by atoms with Crippen molar-refractivity contribution in [3.8, 4) is 0 Å². The number of nitrogens with one attached hydrogen (secondary N) is 1. The summed E-state index contributed by atoms with van der Waals surface area (Å²) in [7, 11) is -2.64. The number of sulfonamides is 1. The van der Waals surface area contributed by atoms with E-state index in [1.54, 1.807) is 49.4 Å². The average molecular weight is 333 g/mol. The van der Waals surface area contributed by atoms with Crippen LogP contribution in [0.4, 0.5) is 0 Å². The Balaban J connectivity index is 2.40. The molecule has 5 nitrogen and oxygen atoms in total. The molecule has 2 aromatic carbocycles. The molecule has 23 heavy (non-hydrogen) atoms. The minimum Gasteiger partial charge on any atom is -0.468 e. The summed E-state index contributed by atoms with van der Waals surface area (Å²) in [5.74, 6) is -0.662. The van der Waals surface area contributed by atoms with Crippen LogP contribution in [0.5, 0.6) is 0 Å². The van der Waals surface area contributed by atoms with E-state index in [0.29, 0.717) is 11.1 Å². The number of aryl methyl sites for hydroxylation is 2. The first-order chi connectivity index (χ1) is 10.8. The van der Waals surface area contributed by atoms with E-state index in [-0.39, 0.29) is 4.90 Å². The summed E-state index contributed by atoms with van der Waals surface area (Å²) in [6.07, 6.45) is 0. The SMILES string of the molecule is COC(=O)C(NS(=O)(=O)c1ccc(C)cc1C)c1ccccc1. The van der Waals surface area contributed by atoms with Crippen LogP contribution in [0.15, 0.2) is 53.4 Å². The van der Waals surface area contributed by atoms with Gasteiger partial charge in [-0.1, -0.05) is 48.0 Å². The molecule has 1 N–H and O–H groups in total. The van der Waals surface area contributed by atoms with Gasteiger partial charge in [0.1, 0.15) is 6.04 Å². The van der Waals surface area contributed by atoms with Crippen molar-refractivity contribution < 1.29 is 17.9 Å². The van der Waals surface area contributed by atoms with Gasteiger partial charge in [0.15, 0.2) is 0 Å². The molecule has 0 aliphatic heterocycles. The van der Waals surface area contributed by atoms with Crippen LogP contribution in [0.1, 0.15) is 22.7 Å². The normalized spacial score (nSPS) is 12.7. The van der Waals surface area contributed by atoms with Gasteiger partial charge in [-0.05, 0) is 31.0 Å². The fourth-order valence-corrected chi connectivity index (χ4v) is 3.73. The maximum Gasteiger partial charge on any atom is 0.328 e. The molecule has 6 heteroatoms. The third-order valence-corrected chi connectivity index (χ3v) is 5.05. The van der Waals surface area contributed by atoms with Gasteiger partial charge in [0.05, 0.1) is 12.0 Å². The largest absolute Gasteiger partial charge is 0.468 e. The fourth-order valence-electron chi connectivity index (χ4n) is 2.34. The van der Waals surface area contributed by atoms with Crippen molar-refractivity contribution in [2.75, 3.05) is 7.11 Å². The highest BCUT2D eigenvalue weighted by Crippen LogP contribution is 2.21. The molecule has 0 aromatic heterocycles. The number of carbonyl (C=O) groups excluding carboxylic acids is 1. The summed E-state index contributed by atoms with van der Waals surface area (Å²) in [5.41, 5.74) is 2.11. The lowest BCUT2D eigenvalue weighted by molar-refractivity contribution is -0.142. The summed E-state index contributed by atoms with van der Waals surface area (Å²) in [5, 5.41) is 0. The van der Waals surface area contributed by atoms with Crippen LogP contribution in [0, 0.1) is 13.8 Å². The first-order valence-corrected chi connectivity index (χ1v) is 8.56. The van der Waals surface area contributed by atoms with Gasteiger partial charge in [-0.25, -0.2) is 13.2 Å². The minimum atomic E-state index is -3.86. The summed E-state index contributed by atoms with van der Waals surface area (Å²) in [6, 6.07) is 12.5. The number of carbonyl (C=O) groups is 1. The molecule has 0 saturated carbocycles. The first-order valence-electron chi connectivity index (χ1n) is 7.07. The molecule has 0 spiro atoms. The number of hydrogen-bond acceptors (Lipinski definition) is 4. The maximum atomic E-state index is 12.6. The maximum absolute atomic E-state index is 12.6. The Hall–Kier alpha value is -2.18. The molecule has 1 atom stereocenters. The summed E-state index contributed by atoms with van der Waals surface area (Å²) in [4.78, 5) is 12.2. The van der Waals surface area contributed by atoms with Crippen LogP contribution in [0.3, 0.4) is 0 Å². The third kappa shape index (κ3) is 3.97. The summed E-state index contributed by atoms with van der Waals surface area (Å²) >= 11 is 0. The lowest BCUT2D eigenvalue weighted by atomic mass is 10.1. The van der Waals surface area contributed by atoms with Crippen molar-refractivity contribution in [3.05, 3.63) is 65.2 Å². The van der Waals surface area contributed by atoms with Crippen molar-refractivity contribution in [3.63, 3.8) is 0 Å². The quantitative estimate of drug-likeness (QED) is 0.853. The Labute approximate surface area is 136 Å². The van der Waals surface area contributed by atoms with Crippen LogP contribution in [0.25, 0.3) is 0 Å². The summed E-state index contributed by atoms with van der Waals surface area (Å²) in [6.45, 7) is 3.61. The first kappa shape index (κ1) is 17.2. The number of esters is 1. The molecule has 0 saturated heterocycles. The van der Waals surface area contributed by atoms with Gasteiger partial charge < -0.3 is 4.74 Å². The molecule has 0 bridgehead atoms. The molecule has 2 aromatic rings. The smallest absolute Gasteiger partial charge is 0.328 e. The van der Waals surface area contributed by atoms with E-state index in [9.17, 15) is 13.2 Å². The molecule has 0 aliphatic rings. The van der Waals surface area contributed by atoms with E-state index < -0.39 is 22.0 Å². The van der Waals surface area contributed by atoms with Gasteiger partial charge in [-0.2, -0.15) is 4.72 Å². The highest BCUT2D eigenvalue weighted by molar-refractivity contribution is 7.89. The lowest BCUT2D eigenvalue weighted by Crippen LogP contribution is -2.34. The van der Waals surface area contributed by atoms with E-state index in [1.165, 1.54) is 13.2 Å². The van der Waals surface area contributed by atoms with Crippen LogP contribution < -0.4 is 4.72 Å². The molecule has 0 radical (unpaired) electrons. The zero-order valence-electron chi connectivity index (χ0n) is 13.2. The second-order valence-electron chi connectivity index (χ2n) is 5.26. The van der Waals surface area contributed by atoms with Crippen molar-refractivity contribution in [2.45, 2.75) is 24.8 Å². The Morgan fingerprint density at radius 2 is 1.74 bits per heavy atom. The van der Waals surface area contributed by atoms with Crippen LogP contribution in [0.2, 0.25) is 0 Å². The zero-order valence-corrected chi connectivity index (χ0v) is 14.1. The molecule has 0 heterocycles. The van der Waals surface area contributed by atoms with Crippen molar-refractivity contribution in [1.82, 2.24) is 4.72 Å². The Kier molecular flexibility index (Phi) is 5.18. The molecule has 1 unspecified atom stereocenters. The van der Waals surface area contributed by atoms with Gasteiger partial charge in [-0.3, -0.25) is 0 Å². The molecule has 122 valence electrons. The zero-order chi connectivity index (χ0) is 17.0. The third-order valence-electron chi connectivity index (χ3n) is 3.46. The van der Waals surface area contributed by atoms with E-state index in [2.05, 4.69) is 4.72 Å². The van der Waals surface area contributed by atoms with Crippen LogP contribution in [-0.4, -0.2) is 21.5 Å². The van der Waals surface area contributed by atoms with Crippen molar-refractivity contribution in [2.24, 2.45) is 0 Å². The summed E-state index contributed by atoms with van der Waals surface area (Å²) < 4.78 is 32.5. The molecule has 2 rings (SSSR count). The number of benzene rings is 2. The lowest BCUT2D eigenvalue weighted by Gasteiger charge is -2.18. The van der Waals surface area contributed by atoms with E-state index in [1.807, 2.05) is 6.92 Å². The number of hydrogen-bond donors (Lipinski definition) is 1. The van der Waals surface area contributed by atoms with E-state index in [0.717, 1.165) is 5.56 Å². The number of methoxy groups -OCH3 is 1. The molecule has 0 aliphatic carbocycles. The Bertz CT molecular complexity index is 801. The predicted octanol–water partition coefficient (Wildman–Crippen LogP) is 2.50. The monoisotopic (exact) mass is 333 g/mol. The molecular weight excluding hydrogens is 314 g/mol. The average Bonchev–Trinajstić information content (AvgIpc) is 2.52. The van der Waals surface area contributed by atoms with E-state index >= 15 is 0 Å². The topological polar surface area (TPSA) is 72.5 Å². The minimum absolute atomic E-state index is 0.146. The highest BCUT2D eigenvalue weighted by Gasteiger charge is 2.28. The van der Waals surface area contributed by atoms with Crippen LogP contribution in [-0.2, 0) is 19.6 Å². The number of rotatable bonds is 5. The molecule has 0 fully saturated rings. The van der Waals surface area contributed by atoms with Gasteiger partial charge in [0, 0.05) is 0 Å². The second-order valence-corrected chi connectivity index (χ2v) is 6.94. The van der Waals surface area contributed by atoms with Crippen LogP contribution >= 0.6 is 0 Å². The Morgan fingerprint density at radius 1 is 1.09 bits per heavy atom. The van der Waals surface area contributed by atoms with Crippen molar-refractivity contribution >= 4 is 16.0 Å². The standard InChI is InChI=1S/C17H19NO4S/c1-12-9-10-15(13(2)11-12)23(20,21)18-16(17(19)22-3)14-7-5-4-6-8-14/h4-11,16,18H,1-3H3.